The van der Waals surface area contributed by atoms with Crippen LogP contribution in [0.5, 0.6) is 0 Å². The van der Waals surface area contributed by atoms with Crippen LogP contribution in [0, 0.1) is 0 Å². The molecule has 0 aliphatic heterocycles. The van der Waals surface area contributed by atoms with Gasteiger partial charge in [-0.05, 0) is 31.9 Å². The van der Waals surface area contributed by atoms with Gasteiger partial charge in [0.25, 0.3) is 0 Å². The van der Waals surface area contributed by atoms with Crippen molar-refractivity contribution in [3.8, 4) is 0 Å². The Morgan fingerprint density at radius 3 is 2.46 bits per heavy atom. The molecule has 0 saturated carbocycles. The van der Waals surface area contributed by atoms with Crippen LogP contribution in [-0.4, -0.2) is 17.0 Å². The molecule has 0 saturated heterocycles. The van der Waals surface area contributed by atoms with Crippen LogP contribution in [0.25, 0.3) is 0 Å². The van der Waals surface area contributed by atoms with Crippen molar-refractivity contribution in [3.05, 3.63) is 11.6 Å². The SMILES string of the molecule is CCCCCC(O)/C(C)=C/C(C)=O. The van der Waals surface area contributed by atoms with E-state index < -0.39 is 6.10 Å². The summed E-state index contributed by atoms with van der Waals surface area (Å²) in [4.78, 5) is 10.7. The molecule has 0 aromatic carbocycles. The van der Waals surface area contributed by atoms with Crippen LogP contribution < -0.4 is 0 Å². The molecule has 0 aliphatic carbocycles. The summed E-state index contributed by atoms with van der Waals surface area (Å²) < 4.78 is 0. The second kappa shape index (κ2) is 6.84. The third-order valence-corrected chi connectivity index (χ3v) is 2.04. The second-order valence-corrected chi connectivity index (χ2v) is 3.51. The Balaban J connectivity index is 3.82. The first-order chi connectivity index (χ1) is 6.07. The lowest BCUT2D eigenvalue weighted by molar-refractivity contribution is -0.112. The van der Waals surface area contributed by atoms with Crippen molar-refractivity contribution in [2.45, 2.75) is 52.6 Å². The lowest BCUT2D eigenvalue weighted by Crippen LogP contribution is -2.08. The molecule has 0 bridgehead atoms. The van der Waals surface area contributed by atoms with Gasteiger partial charge in [-0.15, -0.1) is 0 Å². The van der Waals surface area contributed by atoms with Gasteiger partial charge in [-0.25, -0.2) is 0 Å². The summed E-state index contributed by atoms with van der Waals surface area (Å²) >= 11 is 0. The first kappa shape index (κ1) is 12.4. The maximum atomic E-state index is 10.7. The third-order valence-electron chi connectivity index (χ3n) is 2.04. The van der Waals surface area contributed by atoms with Crippen molar-refractivity contribution in [3.63, 3.8) is 0 Å². The predicted molar refractivity (Wildman–Crippen MR) is 54.6 cm³/mol. The summed E-state index contributed by atoms with van der Waals surface area (Å²) in [5.74, 6) is 0.00652. The van der Waals surface area contributed by atoms with E-state index in [1.807, 2.05) is 0 Å². The van der Waals surface area contributed by atoms with Crippen LogP contribution in [0.3, 0.4) is 0 Å². The quantitative estimate of drug-likeness (QED) is 0.508. The number of rotatable bonds is 6. The Hall–Kier alpha value is -0.630. The van der Waals surface area contributed by atoms with E-state index in [1.165, 1.54) is 13.0 Å². The van der Waals surface area contributed by atoms with Gasteiger partial charge in [0.05, 0.1) is 6.10 Å². The first-order valence-corrected chi connectivity index (χ1v) is 4.94. The number of unbranched alkanes of at least 4 members (excludes halogenated alkanes) is 2. The minimum Gasteiger partial charge on any atom is -0.389 e. The van der Waals surface area contributed by atoms with Crippen molar-refractivity contribution in [1.29, 1.82) is 0 Å². The van der Waals surface area contributed by atoms with E-state index in [1.54, 1.807) is 6.92 Å². The van der Waals surface area contributed by atoms with Gasteiger partial charge in [-0.3, -0.25) is 4.79 Å². The summed E-state index contributed by atoms with van der Waals surface area (Å²) in [5, 5.41) is 9.57. The third kappa shape index (κ3) is 6.52. The van der Waals surface area contributed by atoms with Gasteiger partial charge in [0.1, 0.15) is 0 Å². The molecule has 1 N–H and O–H groups in total. The van der Waals surface area contributed by atoms with Crippen LogP contribution >= 0.6 is 0 Å². The predicted octanol–water partition coefficient (Wildman–Crippen LogP) is 2.46. The summed E-state index contributed by atoms with van der Waals surface area (Å²) in [6, 6.07) is 0. The average molecular weight is 184 g/mol. The Morgan fingerprint density at radius 2 is 2.00 bits per heavy atom. The molecule has 0 rings (SSSR count). The highest BCUT2D eigenvalue weighted by Crippen LogP contribution is 2.10. The monoisotopic (exact) mass is 184 g/mol. The van der Waals surface area contributed by atoms with Crippen LogP contribution in [0.1, 0.15) is 46.5 Å². The van der Waals surface area contributed by atoms with Crippen molar-refractivity contribution in [2.75, 3.05) is 0 Å². The van der Waals surface area contributed by atoms with E-state index in [9.17, 15) is 9.90 Å². The van der Waals surface area contributed by atoms with E-state index in [4.69, 9.17) is 0 Å². The highest BCUT2D eigenvalue weighted by atomic mass is 16.3. The molecule has 0 aromatic heterocycles. The molecule has 0 aliphatic rings. The molecule has 2 heteroatoms. The maximum Gasteiger partial charge on any atom is 0.152 e. The number of aliphatic hydroxyl groups is 1. The fourth-order valence-electron chi connectivity index (χ4n) is 1.23. The van der Waals surface area contributed by atoms with E-state index in [-0.39, 0.29) is 5.78 Å². The fourth-order valence-corrected chi connectivity index (χ4v) is 1.23. The van der Waals surface area contributed by atoms with Crippen LogP contribution in [0.4, 0.5) is 0 Å². The largest absolute Gasteiger partial charge is 0.389 e. The highest BCUT2D eigenvalue weighted by Gasteiger charge is 2.05. The van der Waals surface area contributed by atoms with Gasteiger partial charge in [0, 0.05) is 0 Å². The summed E-state index contributed by atoms with van der Waals surface area (Å²) in [5.41, 5.74) is 0.781. The lowest BCUT2D eigenvalue weighted by Gasteiger charge is -2.09. The minimum absolute atomic E-state index is 0.00652. The van der Waals surface area contributed by atoms with Crippen LogP contribution in [-0.2, 0) is 4.79 Å². The Kier molecular flexibility index (Phi) is 6.51. The molecule has 1 atom stereocenters. The van der Waals surface area contributed by atoms with Crippen LogP contribution in [0.2, 0.25) is 0 Å². The van der Waals surface area contributed by atoms with E-state index >= 15 is 0 Å². The number of aliphatic hydroxyl groups excluding tert-OH is 1. The molecule has 0 aromatic rings. The van der Waals surface area contributed by atoms with E-state index in [0.717, 1.165) is 31.3 Å². The summed E-state index contributed by atoms with van der Waals surface area (Å²) in [6.45, 7) is 5.44. The van der Waals surface area contributed by atoms with Gasteiger partial charge in [0.2, 0.25) is 0 Å². The molecule has 0 spiro atoms. The molecule has 0 fully saturated rings. The zero-order chi connectivity index (χ0) is 10.3. The average Bonchev–Trinajstić information content (AvgIpc) is 2.03. The zero-order valence-corrected chi connectivity index (χ0v) is 8.84. The number of hydrogen-bond acceptors (Lipinski definition) is 2. The first-order valence-electron chi connectivity index (χ1n) is 4.94. The van der Waals surface area contributed by atoms with Gasteiger partial charge in [-0.2, -0.15) is 0 Å². The van der Waals surface area contributed by atoms with Crippen molar-refractivity contribution < 1.29 is 9.90 Å². The van der Waals surface area contributed by atoms with E-state index in [0.29, 0.717) is 0 Å². The van der Waals surface area contributed by atoms with Gasteiger partial charge in [0.15, 0.2) is 5.78 Å². The minimum atomic E-state index is -0.435. The molecule has 0 radical (unpaired) electrons. The molecule has 76 valence electrons. The Morgan fingerprint density at radius 1 is 1.38 bits per heavy atom. The smallest absolute Gasteiger partial charge is 0.152 e. The topological polar surface area (TPSA) is 37.3 Å². The number of hydrogen-bond donors (Lipinski definition) is 1. The molecular weight excluding hydrogens is 164 g/mol. The molecular formula is C11H20O2. The van der Waals surface area contributed by atoms with Crippen molar-refractivity contribution in [2.24, 2.45) is 0 Å². The van der Waals surface area contributed by atoms with Gasteiger partial charge in [-0.1, -0.05) is 26.2 Å². The fraction of sp³-hybridized carbons (Fsp3) is 0.727. The van der Waals surface area contributed by atoms with Crippen molar-refractivity contribution >= 4 is 5.78 Å². The number of carbonyl (C=O) groups is 1. The lowest BCUT2D eigenvalue weighted by atomic mass is 10.0. The number of ketones is 1. The number of carbonyl (C=O) groups excluding carboxylic acids is 1. The van der Waals surface area contributed by atoms with Gasteiger partial charge < -0.3 is 5.11 Å². The zero-order valence-electron chi connectivity index (χ0n) is 8.84. The number of allylic oxidation sites excluding steroid dienone is 1. The molecule has 1 unspecified atom stereocenters. The standard InChI is InChI=1S/C11H20O2/c1-4-5-6-7-11(13)9(2)8-10(3)12/h8,11,13H,4-7H2,1-3H3/b9-8+. The molecule has 0 heterocycles. The normalized spacial score (nSPS) is 14.3. The van der Waals surface area contributed by atoms with Crippen LogP contribution in [0.15, 0.2) is 11.6 Å². The molecule has 0 amide bonds. The Bertz CT molecular complexity index is 183. The van der Waals surface area contributed by atoms with E-state index in [2.05, 4.69) is 6.92 Å². The van der Waals surface area contributed by atoms with Gasteiger partial charge >= 0.3 is 0 Å². The molecule has 13 heavy (non-hydrogen) atoms. The summed E-state index contributed by atoms with van der Waals surface area (Å²) in [6.07, 6.45) is 5.17. The Labute approximate surface area is 80.7 Å². The van der Waals surface area contributed by atoms with Crippen molar-refractivity contribution in [1.82, 2.24) is 0 Å². The summed E-state index contributed by atoms with van der Waals surface area (Å²) in [7, 11) is 0. The molecule has 2 nitrogen and oxygen atoms in total. The second-order valence-electron chi connectivity index (χ2n) is 3.51. The highest BCUT2D eigenvalue weighted by molar-refractivity contribution is 5.87. The maximum absolute atomic E-state index is 10.7.